The average Bonchev–Trinajstić information content (AvgIpc) is 3.21. The molecule has 1 aromatic rings. The summed E-state index contributed by atoms with van der Waals surface area (Å²) >= 11 is 1.75. The van der Waals surface area contributed by atoms with Gasteiger partial charge in [0.2, 0.25) is 0 Å². The van der Waals surface area contributed by atoms with Gasteiger partial charge in [0.1, 0.15) is 0 Å². The minimum atomic E-state index is 0.390. The number of thiophene rings is 1. The zero-order valence-electron chi connectivity index (χ0n) is 13.9. The maximum atomic E-state index is 5.30. The summed E-state index contributed by atoms with van der Waals surface area (Å²) in [6, 6.07) is 2.18. The fraction of sp³-hybridized carbons (Fsp3) is 0.706. The first-order valence-electron chi connectivity index (χ1n) is 8.22. The molecule has 1 fully saturated rings. The van der Waals surface area contributed by atoms with Gasteiger partial charge >= 0.3 is 0 Å². The van der Waals surface area contributed by atoms with Crippen molar-refractivity contribution in [2.75, 3.05) is 33.9 Å². The van der Waals surface area contributed by atoms with Crippen molar-refractivity contribution in [3.8, 4) is 0 Å². The largest absolute Gasteiger partial charge is 0.385 e. The Morgan fingerprint density at radius 3 is 2.82 bits per heavy atom. The summed E-state index contributed by atoms with van der Waals surface area (Å²) in [5.41, 5.74) is 1.78. The second-order valence-electron chi connectivity index (χ2n) is 6.18. The molecular formula is C17H29N3OS. The summed E-state index contributed by atoms with van der Waals surface area (Å²) in [6.45, 7) is 2.77. The maximum absolute atomic E-state index is 5.30. The van der Waals surface area contributed by atoms with Crippen LogP contribution in [0, 0.1) is 5.41 Å². The first kappa shape index (κ1) is 17.3. The van der Waals surface area contributed by atoms with E-state index >= 15 is 0 Å². The SMILES string of the molecule is CN=C(NCCc1ccsc1)NCC1(CCOC)CCCC1. The average molecular weight is 324 g/mol. The van der Waals surface area contributed by atoms with E-state index in [4.69, 9.17) is 4.74 Å². The number of methoxy groups -OCH3 is 1. The molecule has 124 valence electrons. The maximum Gasteiger partial charge on any atom is 0.191 e. The Balaban J connectivity index is 1.74. The Bertz CT molecular complexity index is 439. The zero-order chi connectivity index (χ0) is 15.7. The highest BCUT2D eigenvalue weighted by atomic mass is 32.1. The fourth-order valence-electron chi connectivity index (χ4n) is 3.21. The van der Waals surface area contributed by atoms with Gasteiger partial charge in [-0.3, -0.25) is 4.99 Å². The molecule has 0 bridgehead atoms. The van der Waals surface area contributed by atoms with Crippen LogP contribution in [0.15, 0.2) is 21.8 Å². The topological polar surface area (TPSA) is 45.7 Å². The summed E-state index contributed by atoms with van der Waals surface area (Å²) in [5, 5.41) is 11.3. The number of hydrogen-bond donors (Lipinski definition) is 2. The van der Waals surface area contributed by atoms with Gasteiger partial charge in [-0.25, -0.2) is 0 Å². The molecule has 0 aromatic carbocycles. The van der Waals surface area contributed by atoms with Gasteiger partial charge < -0.3 is 15.4 Å². The predicted molar refractivity (Wildman–Crippen MR) is 94.8 cm³/mol. The van der Waals surface area contributed by atoms with Gasteiger partial charge in [-0.05, 0) is 53.5 Å². The number of hydrogen-bond acceptors (Lipinski definition) is 3. The number of nitrogens with zero attached hydrogens (tertiary/aromatic N) is 1. The summed E-state index contributed by atoms with van der Waals surface area (Å²) in [7, 11) is 3.64. The van der Waals surface area contributed by atoms with Crippen LogP contribution in [0.2, 0.25) is 0 Å². The normalized spacial score (nSPS) is 17.6. The molecule has 1 aromatic heterocycles. The Morgan fingerprint density at radius 1 is 1.36 bits per heavy atom. The predicted octanol–water partition coefficient (Wildman–Crippen LogP) is 3.05. The second-order valence-corrected chi connectivity index (χ2v) is 6.96. The van der Waals surface area contributed by atoms with Crippen LogP contribution in [-0.4, -0.2) is 39.8 Å². The molecule has 0 saturated heterocycles. The Hall–Kier alpha value is -1.07. The summed E-state index contributed by atoms with van der Waals surface area (Å²) < 4.78 is 5.30. The molecule has 0 atom stereocenters. The van der Waals surface area contributed by atoms with Crippen molar-refractivity contribution in [2.45, 2.75) is 38.5 Å². The molecule has 0 aliphatic heterocycles. The molecule has 2 N–H and O–H groups in total. The number of nitrogens with one attached hydrogen (secondary N) is 2. The minimum absolute atomic E-state index is 0.390. The van der Waals surface area contributed by atoms with Gasteiger partial charge in [0.25, 0.3) is 0 Å². The molecule has 1 saturated carbocycles. The van der Waals surface area contributed by atoms with E-state index < -0.39 is 0 Å². The molecule has 0 amide bonds. The lowest BCUT2D eigenvalue weighted by Gasteiger charge is -2.29. The van der Waals surface area contributed by atoms with Crippen LogP contribution < -0.4 is 10.6 Å². The van der Waals surface area contributed by atoms with Crippen LogP contribution >= 0.6 is 11.3 Å². The molecular weight excluding hydrogens is 294 g/mol. The third kappa shape index (κ3) is 5.29. The second kappa shape index (κ2) is 9.16. The fourth-order valence-corrected chi connectivity index (χ4v) is 3.91. The molecule has 5 heteroatoms. The van der Waals surface area contributed by atoms with Crippen molar-refractivity contribution in [1.29, 1.82) is 0 Å². The Kier molecular flexibility index (Phi) is 7.19. The molecule has 4 nitrogen and oxygen atoms in total. The molecule has 2 rings (SSSR count). The van der Waals surface area contributed by atoms with E-state index in [1.807, 2.05) is 7.05 Å². The highest BCUT2D eigenvalue weighted by Gasteiger charge is 2.33. The van der Waals surface area contributed by atoms with E-state index in [1.165, 1.54) is 31.2 Å². The molecule has 0 radical (unpaired) electrons. The van der Waals surface area contributed by atoms with E-state index in [0.717, 1.165) is 38.5 Å². The van der Waals surface area contributed by atoms with Crippen molar-refractivity contribution < 1.29 is 4.74 Å². The van der Waals surface area contributed by atoms with E-state index in [2.05, 4.69) is 32.5 Å². The molecule has 22 heavy (non-hydrogen) atoms. The molecule has 1 heterocycles. The molecule has 1 aliphatic carbocycles. The van der Waals surface area contributed by atoms with Crippen molar-refractivity contribution in [3.63, 3.8) is 0 Å². The van der Waals surface area contributed by atoms with Gasteiger partial charge in [0, 0.05) is 33.9 Å². The van der Waals surface area contributed by atoms with Crippen LogP contribution in [0.5, 0.6) is 0 Å². The lowest BCUT2D eigenvalue weighted by atomic mass is 9.83. The van der Waals surface area contributed by atoms with E-state index in [-0.39, 0.29) is 0 Å². The summed E-state index contributed by atoms with van der Waals surface area (Å²) in [4.78, 5) is 4.35. The van der Waals surface area contributed by atoms with Crippen LogP contribution in [0.25, 0.3) is 0 Å². The van der Waals surface area contributed by atoms with Gasteiger partial charge in [0.15, 0.2) is 5.96 Å². The highest BCUT2D eigenvalue weighted by Crippen LogP contribution is 2.40. The highest BCUT2D eigenvalue weighted by molar-refractivity contribution is 7.07. The molecule has 1 aliphatic rings. The van der Waals surface area contributed by atoms with Crippen molar-refractivity contribution in [2.24, 2.45) is 10.4 Å². The van der Waals surface area contributed by atoms with Crippen molar-refractivity contribution >= 4 is 17.3 Å². The number of ether oxygens (including phenoxy) is 1. The van der Waals surface area contributed by atoms with Gasteiger partial charge in [-0.2, -0.15) is 11.3 Å². The van der Waals surface area contributed by atoms with Crippen LogP contribution in [0.1, 0.15) is 37.7 Å². The summed E-state index contributed by atoms with van der Waals surface area (Å²) in [5.74, 6) is 0.916. The van der Waals surface area contributed by atoms with Crippen LogP contribution in [0.4, 0.5) is 0 Å². The van der Waals surface area contributed by atoms with E-state index in [9.17, 15) is 0 Å². The number of guanidine groups is 1. The molecule has 0 unspecified atom stereocenters. The van der Waals surface area contributed by atoms with Gasteiger partial charge in [-0.1, -0.05) is 12.8 Å². The van der Waals surface area contributed by atoms with Gasteiger partial charge in [-0.15, -0.1) is 0 Å². The zero-order valence-corrected chi connectivity index (χ0v) is 14.7. The quantitative estimate of drug-likeness (QED) is 0.571. The number of aliphatic imine (C=N–C) groups is 1. The van der Waals surface area contributed by atoms with E-state index in [1.54, 1.807) is 18.4 Å². The third-order valence-electron chi connectivity index (χ3n) is 4.64. The van der Waals surface area contributed by atoms with Crippen molar-refractivity contribution in [3.05, 3.63) is 22.4 Å². The van der Waals surface area contributed by atoms with Gasteiger partial charge in [0.05, 0.1) is 0 Å². The third-order valence-corrected chi connectivity index (χ3v) is 5.37. The smallest absolute Gasteiger partial charge is 0.191 e. The lowest BCUT2D eigenvalue weighted by molar-refractivity contribution is 0.138. The van der Waals surface area contributed by atoms with E-state index in [0.29, 0.717) is 5.41 Å². The summed E-state index contributed by atoms with van der Waals surface area (Å²) in [6.07, 6.45) is 7.47. The minimum Gasteiger partial charge on any atom is -0.385 e. The first-order chi connectivity index (χ1) is 10.8. The Morgan fingerprint density at radius 2 is 2.18 bits per heavy atom. The molecule has 0 spiro atoms. The first-order valence-corrected chi connectivity index (χ1v) is 9.17. The standard InChI is InChI=1S/C17H29N3OS/c1-18-16(19-10-5-15-6-12-22-13-15)20-14-17(9-11-21-2)7-3-4-8-17/h6,12-13H,3-5,7-11,14H2,1-2H3,(H2,18,19,20). The lowest BCUT2D eigenvalue weighted by Crippen LogP contribution is -2.43. The van der Waals surface area contributed by atoms with Crippen LogP contribution in [-0.2, 0) is 11.2 Å². The van der Waals surface area contributed by atoms with Crippen LogP contribution in [0.3, 0.4) is 0 Å². The number of rotatable bonds is 8. The Labute approximate surface area is 138 Å². The monoisotopic (exact) mass is 323 g/mol. The van der Waals surface area contributed by atoms with Crippen molar-refractivity contribution in [1.82, 2.24) is 10.6 Å².